The summed E-state index contributed by atoms with van der Waals surface area (Å²) in [6.45, 7) is 7.63. The van der Waals surface area contributed by atoms with Gasteiger partial charge in [-0.2, -0.15) is 0 Å². The van der Waals surface area contributed by atoms with E-state index in [0.29, 0.717) is 32.4 Å². The Kier molecular flexibility index (Phi) is 23.0. The molecule has 0 aliphatic heterocycles. The van der Waals surface area contributed by atoms with Gasteiger partial charge in [0.15, 0.2) is 0 Å². The predicted octanol–water partition coefficient (Wildman–Crippen LogP) is 5.95. The minimum absolute atomic E-state index is 0.0713. The number of allylic oxidation sites excluding steroid dienone is 2. The van der Waals surface area contributed by atoms with Crippen molar-refractivity contribution in [3.8, 4) is 0 Å². The second-order valence-electron chi connectivity index (χ2n) is 9.28. The Morgan fingerprint density at radius 1 is 0.618 bits per heavy atom. The molecule has 0 heterocycles. The van der Waals surface area contributed by atoms with Gasteiger partial charge in [0.05, 0.1) is 0 Å². The standard InChI is InChI=1S/C28H53N3O3/c1-4-7-10-11-12-13-14-15-16-17-18-19-20-27(33)31-25(28(34)30-24-9-6-3)21-22-26(32)29-23-8-5-2/h17-18,25H,4-16,19-24H2,1-3H3,(H,29,32)(H,30,34)(H,31,33)/b18-17+/t25-/m0/s1. The molecule has 0 unspecified atom stereocenters. The number of hydrogen-bond donors (Lipinski definition) is 3. The summed E-state index contributed by atoms with van der Waals surface area (Å²) in [7, 11) is 0. The molecule has 0 aliphatic carbocycles. The summed E-state index contributed by atoms with van der Waals surface area (Å²) in [5.74, 6) is -0.412. The number of carbonyl (C=O) groups excluding carboxylic acids is 3. The zero-order valence-electron chi connectivity index (χ0n) is 22.4. The van der Waals surface area contributed by atoms with Crippen LogP contribution >= 0.6 is 0 Å². The van der Waals surface area contributed by atoms with Gasteiger partial charge in [0.2, 0.25) is 17.7 Å². The zero-order chi connectivity index (χ0) is 25.3. The first-order valence-electron chi connectivity index (χ1n) is 14.0. The van der Waals surface area contributed by atoms with Crippen molar-refractivity contribution in [3.05, 3.63) is 12.2 Å². The largest absolute Gasteiger partial charge is 0.356 e. The number of nitrogens with one attached hydrogen (secondary N) is 3. The van der Waals surface area contributed by atoms with Crippen molar-refractivity contribution in [2.75, 3.05) is 13.1 Å². The molecular weight excluding hydrogens is 426 g/mol. The quantitative estimate of drug-likeness (QED) is 0.125. The minimum Gasteiger partial charge on any atom is -0.356 e. The maximum absolute atomic E-state index is 12.5. The molecule has 6 heteroatoms. The molecule has 3 N–H and O–H groups in total. The van der Waals surface area contributed by atoms with Crippen LogP contribution in [0.15, 0.2) is 12.2 Å². The molecule has 0 rings (SSSR count). The molecule has 0 aliphatic rings. The van der Waals surface area contributed by atoms with Gasteiger partial charge in [-0.1, -0.05) is 90.7 Å². The summed E-state index contributed by atoms with van der Waals surface area (Å²) >= 11 is 0. The highest BCUT2D eigenvalue weighted by atomic mass is 16.2. The number of hydrogen-bond acceptors (Lipinski definition) is 3. The predicted molar refractivity (Wildman–Crippen MR) is 143 cm³/mol. The highest BCUT2D eigenvalue weighted by Crippen LogP contribution is 2.10. The number of carbonyl (C=O) groups is 3. The highest BCUT2D eigenvalue weighted by molar-refractivity contribution is 5.88. The first-order valence-corrected chi connectivity index (χ1v) is 14.0. The van der Waals surface area contributed by atoms with Crippen LogP contribution in [0.5, 0.6) is 0 Å². The first-order chi connectivity index (χ1) is 16.5. The van der Waals surface area contributed by atoms with E-state index in [-0.39, 0.29) is 24.1 Å². The van der Waals surface area contributed by atoms with E-state index in [4.69, 9.17) is 0 Å². The van der Waals surface area contributed by atoms with Gasteiger partial charge in [-0.25, -0.2) is 0 Å². The van der Waals surface area contributed by atoms with Gasteiger partial charge in [-0.05, 0) is 38.5 Å². The number of unbranched alkanes of at least 4 members (excludes halogenated alkanes) is 10. The summed E-state index contributed by atoms with van der Waals surface area (Å²) < 4.78 is 0. The van der Waals surface area contributed by atoms with E-state index in [1.165, 1.54) is 51.4 Å². The Bertz CT molecular complexity index is 549. The van der Waals surface area contributed by atoms with E-state index in [1.54, 1.807) is 0 Å². The van der Waals surface area contributed by atoms with Crippen LogP contribution in [0.4, 0.5) is 0 Å². The van der Waals surface area contributed by atoms with Crippen molar-refractivity contribution in [1.82, 2.24) is 16.0 Å². The average molecular weight is 480 g/mol. The van der Waals surface area contributed by atoms with Gasteiger partial charge < -0.3 is 16.0 Å². The fraction of sp³-hybridized carbons (Fsp3) is 0.821. The Labute approximate surface area is 209 Å². The van der Waals surface area contributed by atoms with E-state index in [9.17, 15) is 14.4 Å². The summed E-state index contributed by atoms with van der Waals surface area (Å²) in [6, 6.07) is -0.664. The lowest BCUT2D eigenvalue weighted by Crippen LogP contribution is -2.47. The van der Waals surface area contributed by atoms with Crippen molar-refractivity contribution < 1.29 is 14.4 Å². The molecule has 0 aromatic carbocycles. The molecule has 1 atom stereocenters. The van der Waals surface area contributed by atoms with Crippen LogP contribution < -0.4 is 16.0 Å². The van der Waals surface area contributed by atoms with Gasteiger partial charge in [0, 0.05) is 25.9 Å². The van der Waals surface area contributed by atoms with Gasteiger partial charge in [0.25, 0.3) is 0 Å². The van der Waals surface area contributed by atoms with Crippen molar-refractivity contribution in [2.45, 2.75) is 136 Å². The third-order valence-corrected chi connectivity index (χ3v) is 5.92. The summed E-state index contributed by atoms with van der Waals surface area (Å²) in [6.07, 6.45) is 21.2. The van der Waals surface area contributed by atoms with Crippen LogP contribution in [-0.4, -0.2) is 36.9 Å². The zero-order valence-corrected chi connectivity index (χ0v) is 22.4. The molecule has 0 saturated carbocycles. The molecule has 0 spiro atoms. The van der Waals surface area contributed by atoms with Crippen LogP contribution in [-0.2, 0) is 14.4 Å². The molecular formula is C28H53N3O3. The van der Waals surface area contributed by atoms with E-state index in [0.717, 1.165) is 32.1 Å². The monoisotopic (exact) mass is 479 g/mol. The fourth-order valence-electron chi connectivity index (χ4n) is 3.66. The molecule has 198 valence electrons. The Balaban J connectivity index is 4.20. The lowest BCUT2D eigenvalue weighted by Gasteiger charge is -2.18. The first kappa shape index (κ1) is 32.1. The second kappa shape index (κ2) is 24.3. The van der Waals surface area contributed by atoms with Gasteiger partial charge in [-0.3, -0.25) is 14.4 Å². The van der Waals surface area contributed by atoms with Crippen LogP contribution in [0.3, 0.4) is 0 Å². The minimum atomic E-state index is -0.664. The third-order valence-electron chi connectivity index (χ3n) is 5.92. The van der Waals surface area contributed by atoms with Crippen molar-refractivity contribution in [2.24, 2.45) is 0 Å². The van der Waals surface area contributed by atoms with Gasteiger partial charge in [-0.15, -0.1) is 0 Å². The molecule has 0 aromatic heterocycles. The SMILES string of the molecule is CCCCCCCCCC/C=C/CCC(=O)N[C@@H](CCC(=O)NCCCC)C(=O)NCCCC. The van der Waals surface area contributed by atoms with E-state index < -0.39 is 6.04 Å². The van der Waals surface area contributed by atoms with Crippen LogP contribution in [0.1, 0.15) is 130 Å². The van der Waals surface area contributed by atoms with Crippen LogP contribution in [0.25, 0.3) is 0 Å². The maximum Gasteiger partial charge on any atom is 0.242 e. The lowest BCUT2D eigenvalue weighted by molar-refractivity contribution is -0.129. The third kappa shape index (κ3) is 20.7. The molecule has 3 amide bonds. The Morgan fingerprint density at radius 2 is 1.18 bits per heavy atom. The molecule has 0 aromatic rings. The summed E-state index contributed by atoms with van der Waals surface area (Å²) in [4.78, 5) is 37.0. The number of amides is 3. The van der Waals surface area contributed by atoms with Gasteiger partial charge >= 0.3 is 0 Å². The van der Waals surface area contributed by atoms with Crippen LogP contribution in [0.2, 0.25) is 0 Å². The van der Waals surface area contributed by atoms with E-state index in [2.05, 4.69) is 48.9 Å². The fourth-order valence-corrected chi connectivity index (χ4v) is 3.66. The molecule has 0 saturated heterocycles. The molecule has 34 heavy (non-hydrogen) atoms. The van der Waals surface area contributed by atoms with Crippen molar-refractivity contribution in [1.29, 1.82) is 0 Å². The maximum atomic E-state index is 12.5. The van der Waals surface area contributed by atoms with Crippen molar-refractivity contribution in [3.63, 3.8) is 0 Å². The molecule has 0 fully saturated rings. The smallest absolute Gasteiger partial charge is 0.242 e. The van der Waals surface area contributed by atoms with Gasteiger partial charge in [0.1, 0.15) is 6.04 Å². The number of rotatable bonds is 23. The van der Waals surface area contributed by atoms with Crippen molar-refractivity contribution >= 4 is 17.7 Å². The normalized spacial score (nSPS) is 12.0. The average Bonchev–Trinajstić information content (AvgIpc) is 2.82. The lowest BCUT2D eigenvalue weighted by atomic mass is 10.1. The van der Waals surface area contributed by atoms with Crippen LogP contribution in [0, 0.1) is 0 Å². The molecule has 6 nitrogen and oxygen atoms in total. The Morgan fingerprint density at radius 3 is 1.82 bits per heavy atom. The second-order valence-corrected chi connectivity index (χ2v) is 9.28. The summed E-state index contributed by atoms with van der Waals surface area (Å²) in [5, 5.41) is 8.59. The highest BCUT2D eigenvalue weighted by Gasteiger charge is 2.21. The molecule has 0 radical (unpaired) electrons. The van der Waals surface area contributed by atoms with E-state index in [1.807, 2.05) is 0 Å². The Hall–Kier alpha value is -1.85. The van der Waals surface area contributed by atoms with E-state index >= 15 is 0 Å². The summed E-state index contributed by atoms with van der Waals surface area (Å²) in [5.41, 5.74) is 0. The topological polar surface area (TPSA) is 87.3 Å². The molecule has 0 bridgehead atoms.